The van der Waals surface area contributed by atoms with E-state index >= 15 is 0 Å². The molecule has 1 heterocycles. The van der Waals surface area contributed by atoms with Crippen molar-refractivity contribution in [3.05, 3.63) is 56.9 Å². The fourth-order valence-electron chi connectivity index (χ4n) is 1.36. The molecule has 18 heavy (non-hydrogen) atoms. The van der Waals surface area contributed by atoms with Crippen molar-refractivity contribution in [2.45, 2.75) is 0 Å². The van der Waals surface area contributed by atoms with E-state index in [0.717, 1.165) is 0 Å². The van der Waals surface area contributed by atoms with Gasteiger partial charge in [-0.3, -0.25) is 10.1 Å². The molecule has 0 radical (unpaired) electrons. The first-order chi connectivity index (χ1) is 8.58. The Kier molecular flexibility index (Phi) is 2.92. The van der Waals surface area contributed by atoms with Crippen LogP contribution in [-0.4, -0.2) is 19.8 Å². The Labute approximate surface area is 100 Å². The van der Waals surface area contributed by atoms with Gasteiger partial charge in [-0.15, -0.1) is 0 Å². The van der Waals surface area contributed by atoms with E-state index in [-0.39, 0.29) is 5.69 Å². The molecular weight excluding hydrogens is 240 g/mol. The summed E-state index contributed by atoms with van der Waals surface area (Å²) in [6.07, 6.45) is 2.51. The maximum absolute atomic E-state index is 10.6. The molecule has 0 aliphatic heterocycles. The lowest BCUT2D eigenvalue weighted by molar-refractivity contribution is -0.394. The van der Waals surface area contributed by atoms with Crippen molar-refractivity contribution in [3.8, 4) is 11.1 Å². The molecule has 0 bridgehead atoms. The first-order valence-corrected chi connectivity index (χ1v) is 4.79. The zero-order valence-corrected chi connectivity index (χ0v) is 8.89. The fraction of sp³-hybridized carbons (Fsp3) is 0. The van der Waals surface area contributed by atoms with E-state index in [1.165, 1.54) is 30.6 Å². The topological polar surface area (TPSA) is 112 Å². The van der Waals surface area contributed by atoms with Crippen molar-refractivity contribution < 1.29 is 9.85 Å². The quantitative estimate of drug-likeness (QED) is 0.604. The van der Waals surface area contributed by atoms with Crippen molar-refractivity contribution in [2.24, 2.45) is 0 Å². The van der Waals surface area contributed by atoms with E-state index < -0.39 is 15.8 Å². The summed E-state index contributed by atoms with van der Waals surface area (Å²) >= 11 is 0. The van der Waals surface area contributed by atoms with Crippen LogP contribution in [0, 0.1) is 20.2 Å². The van der Waals surface area contributed by atoms with Crippen LogP contribution in [0.1, 0.15) is 0 Å². The van der Waals surface area contributed by atoms with Gasteiger partial charge in [0.2, 0.25) is 0 Å². The van der Waals surface area contributed by atoms with E-state index in [4.69, 9.17) is 0 Å². The molecule has 8 nitrogen and oxygen atoms in total. The van der Waals surface area contributed by atoms with Gasteiger partial charge in [-0.2, -0.15) is 0 Å². The van der Waals surface area contributed by atoms with Crippen LogP contribution < -0.4 is 0 Å². The summed E-state index contributed by atoms with van der Waals surface area (Å²) in [5.74, 6) is -0.510. The van der Waals surface area contributed by atoms with E-state index in [1.807, 2.05) is 0 Å². The second-order valence-electron chi connectivity index (χ2n) is 3.34. The summed E-state index contributed by atoms with van der Waals surface area (Å²) in [7, 11) is 0. The number of hydrogen-bond donors (Lipinski definition) is 0. The molecule has 0 spiro atoms. The van der Waals surface area contributed by atoms with Crippen molar-refractivity contribution in [1.29, 1.82) is 0 Å². The van der Waals surface area contributed by atoms with Crippen molar-refractivity contribution in [3.63, 3.8) is 0 Å². The molecule has 2 rings (SSSR count). The minimum atomic E-state index is -0.711. The maximum Gasteiger partial charge on any atom is 0.468 e. The Morgan fingerprint density at radius 1 is 0.944 bits per heavy atom. The number of rotatable bonds is 3. The summed E-state index contributed by atoms with van der Waals surface area (Å²) in [6.45, 7) is 0. The zero-order chi connectivity index (χ0) is 13.1. The molecule has 0 unspecified atom stereocenters. The number of nitro benzene ring substituents is 1. The van der Waals surface area contributed by atoms with E-state index in [0.29, 0.717) is 11.1 Å². The number of nitrogens with zero attached hydrogens (tertiary/aromatic N) is 4. The third-order valence-corrected chi connectivity index (χ3v) is 2.19. The highest BCUT2D eigenvalue weighted by Crippen LogP contribution is 2.23. The van der Waals surface area contributed by atoms with E-state index in [2.05, 4.69) is 9.97 Å². The highest BCUT2D eigenvalue weighted by atomic mass is 16.6. The van der Waals surface area contributed by atoms with Gasteiger partial charge in [0.15, 0.2) is 0 Å². The predicted molar refractivity (Wildman–Crippen MR) is 60.8 cm³/mol. The lowest BCUT2D eigenvalue weighted by Gasteiger charge is -1.98. The van der Waals surface area contributed by atoms with Crippen molar-refractivity contribution in [1.82, 2.24) is 9.97 Å². The number of benzene rings is 1. The number of non-ortho nitro benzene ring substituents is 1. The average molecular weight is 246 g/mol. The lowest BCUT2D eigenvalue weighted by Crippen LogP contribution is -1.95. The third-order valence-electron chi connectivity index (χ3n) is 2.19. The van der Waals surface area contributed by atoms with Crippen LogP contribution in [0.2, 0.25) is 0 Å². The second-order valence-corrected chi connectivity index (χ2v) is 3.34. The summed E-state index contributed by atoms with van der Waals surface area (Å²) in [4.78, 5) is 26.9. The predicted octanol–water partition coefficient (Wildman–Crippen LogP) is 1.96. The minimum absolute atomic E-state index is 0.0640. The van der Waals surface area contributed by atoms with Gasteiger partial charge in [0.05, 0.1) is 10.5 Å². The molecule has 0 N–H and O–H groups in total. The molecular formula is C10H6N4O4. The summed E-state index contributed by atoms with van der Waals surface area (Å²) < 4.78 is 0. The maximum atomic E-state index is 10.6. The van der Waals surface area contributed by atoms with Crippen LogP contribution in [0.25, 0.3) is 11.1 Å². The highest BCUT2D eigenvalue weighted by Gasteiger charge is 2.12. The van der Waals surface area contributed by atoms with Crippen LogP contribution in [0.3, 0.4) is 0 Å². The van der Waals surface area contributed by atoms with Gasteiger partial charge in [0, 0.05) is 12.1 Å². The standard InChI is InChI=1S/C10H6N4O4/c15-13(16)9-3-1-2-7(4-9)8-5-11-10(12-6-8)14(17)18/h1-6H. The molecule has 8 heteroatoms. The Morgan fingerprint density at radius 3 is 2.17 bits per heavy atom. The number of nitro groups is 2. The van der Waals surface area contributed by atoms with Crippen LogP contribution in [0.5, 0.6) is 0 Å². The van der Waals surface area contributed by atoms with Gasteiger partial charge in [-0.05, 0) is 10.5 Å². The molecule has 0 aliphatic carbocycles. The summed E-state index contributed by atoms with van der Waals surface area (Å²) in [6, 6.07) is 5.87. The molecule has 0 fully saturated rings. The van der Waals surface area contributed by atoms with Crippen molar-refractivity contribution >= 4 is 11.6 Å². The molecule has 90 valence electrons. The van der Waals surface area contributed by atoms with Crippen LogP contribution in [0.15, 0.2) is 36.7 Å². The second kappa shape index (κ2) is 4.53. The molecule has 0 saturated heterocycles. The molecule has 1 aromatic carbocycles. The fourth-order valence-corrected chi connectivity index (χ4v) is 1.36. The normalized spacial score (nSPS) is 10.0. The third kappa shape index (κ3) is 2.26. The lowest BCUT2D eigenvalue weighted by atomic mass is 10.1. The SMILES string of the molecule is O=[N+]([O-])c1cccc(-c2cnc([N+](=O)[O-])nc2)c1. The van der Waals surface area contributed by atoms with Gasteiger partial charge in [0.25, 0.3) is 5.69 Å². The van der Waals surface area contributed by atoms with Gasteiger partial charge < -0.3 is 10.1 Å². The number of aromatic nitrogens is 2. The molecule has 0 amide bonds. The first kappa shape index (κ1) is 11.6. The monoisotopic (exact) mass is 246 g/mol. The van der Waals surface area contributed by atoms with Crippen LogP contribution in [-0.2, 0) is 0 Å². The molecule has 0 atom stereocenters. The van der Waals surface area contributed by atoms with Gasteiger partial charge in [-0.1, -0.05) is 22.1 Å². The Hall–Kier alpha value is -2.90. The van der Waals surface area contributed by atoms with E-state index in [9.17, 15) is 20.2 Å². The average Bonchev–Trinajstić information content (AvgIpc) is 2.39. The van der Waals surface area contributed by atoms with Crippen LogP contribution in [0.4, 0.5) is 11.6 Å². The Bertz CT molecular complexity index is 612. The van der Waals surface area contributed by atoms with Gasteiger partial charge >= 0.3 is 5.95 Å². The molecule has 0 saturated carbocycles. The highest BCUT2D eigenvalue weighted by molar-refractivity contribution is 5.64. The summed E-state index contributed by atoms with van der Waals surface area (Å²) in [5, 5.41) is 21.0. The molecule has 2 aromatic rings. The minimum Gasteiger partial charge on any atom is -0.390 e. The summed E-state index contributed by atoms with van der Waals surface area (Å²) in [5.41, 5.74) is 0.939. The van der Waals surface area contributed by atoms with Crippen LogP contribution >= 0.6 is 0 Å². The molecule has 0 aliphatic rings. The number of hydrogen-bond acceptors (Lipinski definition) is 6. The van der Waals surface area contributed by atoms with Gasteiger partial charge in [0.1, 0.15) is 12.4 Å². The largest absolute Gasteiger partial charge is 0.468 e. The van der Waals surface area contributed by atoms with Gasteiger partial charge in [-0.25, -0.2) is 0 Å². The zero-order valence-electron chi connectivity index (χ0n) is 8.89. The Balaban J connectivity index is 2.39. The van der Waals surface area contributed by atoms with Crippen molar-refractivity contribution in [2.75, 3.05) is 0 Å². The smallest absolute Gasteiger partial charge is 0.390 e. The Morgan fingerprint density at radius 2 is 1.61 bits per heavy atom. The first-order valence-electron chi connectivity index (χ1n) is 4.79. The molecule has 1 aromatic heterocycles. The van der Waals surface area contributed by atoms with E-state index in [1.54, 1.807) is 6.07 Å².